The number of carbonyl (C=O) groups excluding carboxylic acids is 1. The van der Waals surface area contributed by atoms with Crippen molar-refractivity contribution in [3.05, 3.63) is 60.8 Å². The molecule has 7 nitrogen and oxygen atoms in total. The molecule has 1 aliphatic carbocycles. The minimum absolute atomic E-state index is 0.00314. The van der Waals surface area contributed by atoms with E-state index < -0.39 is 0 Å². The number of benzene rings is 1. The first-order valence-corrected chi connectivity index (χ1v) is 8.00. The largest absolute Gasteiger partial charge is 0.497 e. The van der Waals surface area contributed by atoms with Crippen molar-refractivity contribution in [2.45, 2.75) is 12.3 Å². The molecule has 0 bridgehead atoms. The van der Waals surface area contributed by atoms with E-state index in [1.54, 1.807) is 30.4 Å². The molecule has 7 heteroatoms. The number of anilines is 1. The molecule has 0 radical (unpaired) electrons. The van der Waals surface area contributed by atoms with Gasteiger partial charge in [0.1, 0.15) is 18.4 Å². The minimum Gasteiger partial charge on any atom is -0.497 e. The molecule has 1 amide bonds. The van der Waals surface area contributed by atoms with Gasteiger partial charge in [0.25, 0.3) is 0 Å². The summed E-state index contributed by atoms with van der Waals surface area (Å²) in [6.45, 7) is 0. The van der Waals surface area contributed by atoms with Gasteiger partial charge in [-0.2, -0.15) is 5.10 Å². The van der Waals surface area contributed by atoms with Crippen LogP contribution in [0.2, 0.25) is 0 Å². The Labute approximate surface area is 144 Å². The van der Waals surface area contributed by atoms with E-state index in [4.69, 9.17) is 4.74 Å². The monoisotopic (exact) mass is 335 g/mol. The van der Waals surface area contributed by atoms with Gasteiger partial charge >= 0.3 is 0 Å². The number of carbonyl (C=O) groups is 1. The van der Waals surface area contributed by atoms with E-state index >= 15 is 0 Å². The van der Waals surface area contributed by atoms with Crippen LogP contribution >= 0.6 is 0 Å². The average Bonchev–Trinajstić information content (AvgIpc) is 3.28. The quantitative estimate of drug-likeness (QED) is 0.774. The summed E-state index contributed by atoms with van der Waals surface area (Å²) in [5.41, 5.74) is 1.84. The van der Waals surface area contributed by atoms with Crippen LogP contribution in [-0.4, -0.2) is 32.8 Å². The topological polar surface area (TPSA) is 81.9 Å². The number of nitrogens with zero attached hydrogens (tertiary/aromatic N) is 4. The molecular weight excluding hydrogens is 318 g/mol. The van der Waals surface area contributed by atoms with Gasteiger partial charge in [0, 0.05) is 5.92 Å². The summed E-state index contributed by atoms with van der Waals surface area (Å²) in [6.07, 6.45) is 5.51. The second-order valence-electron chi connectivity index (χ2n) is 5.96. The first-order valence-electron chi connectivity index (χ1n) is 8.00. The highest BCUT2D eigenvalue weighted by atomic mass is 16.5. The predicted molar refractivity (Wildman–Crippen MR) is 91.6 cm³/mol. The molecule has 1 N–H and O–H groups in total. The second-order valence-corrected chi connectivity index (χ2v) is 5.96. The van der Waals surface area contributed by atoms with E-state index in [1.165, 1.54) is 11.9 Å². The molecule has 25 heavy (non-hydrogen) atoms. The lowest BCUT2D eigenvalue weighted by Crippen LogP contribution is -2.15. The number of nitrogens with one attached hydrogen (secondary N) is 1. The maximum absolute atomic E-state index is 12.4. The van der Waals surface area contributed by atoms with Crippen molar-refractivity contribution in [2.75, 3.05) is 12.4 Å². The molecule has 1 aromatic carbocycles. The van der Waals surface area contributed by atoms with E-state index in [-0.39, 0.29) is 17.7 Å². The first-order chi connectivity index (χ1) is 12.2. The van der Waals surface area contributed by atoms with E-state index in [9.17, 15) is 4.79 Å². The van der Waals surface area contributed by atoms with Crippen molar-refractivity contribution in [1.82, 2.24) is 19.7 Å². The Bertz CT molecular complexity index is 859. The van der Waals surface area contributed by atoms with Gasteiger partial charge in [0.05, 0.1) is 19.0 Å². The van der Waals surface area contributed by atoms with Crippen molar-refractivity contribution in [3.63, 3.8) is 0 Å². The van der Waals surface area contributed by atoms with E-state index in [1.807, 2.05) is 30.3 Å². The Balaban J connectivity index is 1.38. The molecule has 3 aromatic rings. The maximum Gasteiger partial charge on any atom is 0.228 e. The molecule has 2 heterocycles. The molecule has 2 unspecified atom stereocenters. The summed E-state index contributed by atoms with van der Waals surface area (Å²) in [5.74, 6) is 1.77. The van der Waals surface area contributed by atoms with Gasteiger partial charge in [-0.25, -0.2) is 14.6 Å². The third-order valence-electron chi connectivity index (χ3n) is 4.34. The van der Waals surface area contributed by atoms with Crippen LogP contribution in [0.1, 0.15) is 17.9 Å². The SMILES string of the molecule is COc1ccc(C2CC2C(=O)Nc2ccc(-n3cncn3)nc2)cc1. The molecule has 1 fully saturated rings. The fourth-order valence-corrected chi connectivity index (χ4v) is 2.86. The van der Waals surface area contributed by atoms with Gasteiger partial charge in [-0.15, -0.1) is 0 Å². The number of aromatic nitrogens is 4. The zero-order valence-electron chi connectivity index (χ0n) is 13.7. The van der Waals surface area contributed by atoms with Gasteiger partial charge in [0.2, 0.25) is 5.91 Å². The number of ether oxygens (including phenoxy) is 1. The lowest BCUT2D eigenvalue weighted by molar-refractivity contribution is -0.117. The minimum atomic E-state index is 0.00314. The summed E-state index contributed by atoms with van der Waals surface area (Å²) >= 11 is 0. The van der Waals surface area contributed by atoms with Crippen LogP contribution in [0.5, 0.6) is 5.75 Å². The van der Waals surface area contributed by atoms with Crippen LogP contribution in [0.3, 0.4) is 0 Å². The maximum atomic E-state index is 12.4. The average molecular weight is 335 g/mol. The van der Waals surface area contributed by atoms with Crippen LogP contribution in [0.15, 0.2) is 55.2 Å². The summed E-state index contributed by atoms with van der Waals surface area (Å²) < 4.78 is 6.72. The predicted octanol–water partition coefficient (Wildman–Crippen LogP) is 2.41. The van der Waals surface area contributed by atoms with Gasteiger partial charge in [0.15, 0.2) is 5.82 Å². The number of methoxy groups -OCH3 is 1. The number of rotatable bonds is 5. The lowest BCUT2D eigenvalue weighted by atomic mass is 10.1. The Morgan fingerprint density at radius 2 is 2.08 bits per heavy atom. The number of amides is 1. The van der Waals surface area contributed by atoms with Crippen LogP contribution in [-0.2, 0) is 4.79 Å². The Kier molecular flexibility index (Phi) is 3.89. The molecule has 0 saturated heterocycles. The first kappa shape index (κ1) is 15.3. The zero-order valence-corrected chi connectivity index (χ0v) is 13.7. The lowest BCUT2D eigenvalue weighted by Gasteiger charge is -2.06. The van der Waals surface area contributed by atoms with Crippen molar-refractivity contribution >= 4 is 11.6 Å². The highest BCUT2D eigenvalue weighted by molar-refractivity contribution is 5.95. The molecule has 4 rings (SSSR count). The van der Waals surface area contributed by atoms with Crippen molar-refractivity contribution in [2.24, 2.45) is 5.92 Å². The Morgan fingerprint density at radius 1 is 1.24 bits per heavy atom. The molecule has 126 valence electrons. The zero-order chi connectivity index (χ0) is 17.2. The van der Waals surface area contributed by atoms with Crippen molar-refractivity contribution < 1.29 is 9.53 Å². The van der Waals surface area contributed by atoms with Crippen molar-refractivity contribution in [3.8, 4) is 11.6 Å². The summed E-state index contributed by atoms with van der Waals surface area (Å²) in [6, 6.07) is 11.5. The van der Waals surface area contributed by atoms with E-state index in [0.29, 0.717) is 11.5 Å². The van der Waals surface area contributed by atoms with Crippen LogP contribution < -0.4 is 10.1 Å². The molecule has 0 spiro atoms. The summed E-state index contributed by atoms with van der Waals surface area (Å²) in [7, 11) is 1.64. The molecule has 0 aliphatic heterocycles. The molecule has 1 saturated carbocycles. The Hall–Kier alpha value is -3.22. The normalized spacial score (nSPS) is 18.6. The molecule has 1 aliphatic rings. The van der Waals surface area contributed by atoms with Crippen LogP contribution in [0.25, 0.3) is 5.82 Å². The van der Waals surface area contributed by atoms with E-state index in [2.05, 4.69) is 20.4 Å². The fraction of sp³-hybridized carbons (Fsp3) is 0.222. The van der Waals surface area contributed by atoms with Gasteiger partial charge in [-0.05, 0) is 42.2 Å². The smallest absolute Gasteiger partial charge is 0.228 e. The molecular formula is C18H17N5O2. The summed E-state index contributed by atoms with van der Waals surface area (Å²) in [4.78, 5) is 20.6. The third kappa shape index (κ3) is 3.21. The van der Waals surface area contributed by atoms with Crippen LogP contribution in [0, 0.1) is 5.92 Å². The standard InChI is InChI=1S/C18H17N5O2/c1-25-14-5-2-12(3-6-14)15-8-16(15)18(24)22-13-4-7-17(20-9-13)23-11-19-10-21-23/h2-7,9-11,15-16H,8H2,1H3,(H,22,24). The van der Waals surface area contributed by atoms with Gasteiger partial charge < -0.3 is 10.1 Å². The third-order valence-corrected chi connectivity index (χ3v) is 4.34. The van der Waals surface area contributed by atoms with Gasteiger partial charge in [-0.1, -0.05) is 12.1 Å². The van der Waals surface area contributed by atoms with Crippen molar-refractivity contribution in [1.29, 1.82) is 0 Å². The van der Waals surface area contributed by atoms with Crippen LogP contribution in [0.4, 0.5) is 5.69 Å². The molecule has 2 aromatic heterocycles. The molecule has 2 atom stereocenters. The highest BCUT2D eigenvalue weighted by Crippen LogP contribution is 2.48. The fourth-order valence-electron chi connectivity index (χ4n) is 2.86. The van der Waals surface area contributed by atoms with E-state index in [0.717, 1.165) is 12.2 Å². The van der Waals surface area contributed by atoms with Gasteiger partial charge in [-0.3, -0.25) is 4.79 Å². The second kappa shape index (κ2) is 6.35. The Morgan fingerprint density at radius 3 is 2.72 bits per heavy atom. The number of hydrogen-bond acceptors (Lipinski definition) is 5. The number of pyridine rings is 1. The summed E-state index contributed by atoms with van der Waals surface area (Å²) in [5, 5.41) is 6.95. The highest BCUT2D eigenvalue weighted by Gasteiger charge is 2.43. The number of hydrogen-bond donors (Lipinski definition) is 1.